The van der Waals surface area contributed by atoms with Gasteiger partial charge in [0.1, 0.15) is 0 Å². The van der Waals surface area contributed by atoms with Crippen LogP contribution in [0.15, 0.2) is 18.2 Å². The molecule has 4 rings (SSSR count). The Bertz CT molecular complexity index is 770. The zero-order valence-electron chi connectivity index (χ0n) is 17.1. The molecule has 4 nitrogen and oxygen atoms in total. The molecule has 1 spiro atoms. The van der Waals surface area contributed by atoms with Crippen molar-refractivity contribution in [1.29, 1.82) is 0 Å². The number of benzene rings is 1. The molecule has 2 unspecified atom stereocenters. The van der Waals surface area contributed by atoms with Crippen LogP contribution < -0.4 is 0 Å². The molecule has 4 atom stereocenters. The Morgan fingerprint density at radius 1 is 1.30 bits per heavy atom. The molecule has 27 heavy (non-hydrogen) atoms. The minimum atomic E-state index is -0.274. The van der Waals surface area contributed by atoms with Gasteiger partial charge in [-0.25, -0.2) is 0 Å². The molecule has 1 saturated carbocycles. The molecule has 1 aliphatic carbocycles. The Labute approximate surface area is 162 Å². The Balaban J connectivity index is 1.84. The highest BCUT2D eigenvalue weighted by Crippen LogP contribution is 2.60. The van der Waals surface area contributed by atoms with Crippen LogP contribution >= 0.6 is 0 Å². The average Bonchev–Trinajstić information content (AvgIpc) is 2.98. The van der Waals surface area contributed by atoms with Gasteiger partial charge in [-0.2, -0.15) is 0 Å². The third-order valence-electron chi connectivity index (χ3n) is 7.39. The summed E-state index contributed by atoms with van der Waals surface area (Å²) < 4.78 is 0. The molecular weight excluding hydrogens is 336 g/mol. The number of rotatable bonds is 3. The molecule has 0 aromatic heterocycles. The van der Waals surface area contributed by atoms with Crippen molar-refractivity contribution < 1.29 is 9.59 Å². The summed E-state index contributed by atoms with van der Waals surface area (Å²) >= 11 is 0. The number of carbonyl (C=O) groups is 2. The molecule has 0 bridgehead atoms. The molecule has 3 aliphatic rings. The van der Waals surface area contributed by atoms with Crippen molar-refractivity contribution in [2.45, 2.75) is 58.9 Å². The topological polar surface area (TPSA) is 40.6 Å². The second-order valence-corrected chi connectivity index (χ2v) is 8.76. The first-order chi connectivity index (χ1) is 12.9. The normalized spacial score (nSPS) is 31.9. The van der Waals surface area contributed by atoms with Crippen LogP contribution in [0.1, 0.15) is 56.7 Å². The zero-order valence-corrected chi connectivity index (χ0v) is 17.1. The van der Waals surface area contributed by atoms with Crippen molar-refractivity contribution in [3.63, 3.8) is 0 Å². The van der Waals surface area contributed by atoms with Gasteiger partial charge >= 0.3 is 0 Å². The minimum absolute atomic E-state index is 0.0499. The van der Waals surface area contributed by atoms with E-state index in [-0.39, 0.29) is 29.2 Å². The molecule has 0 N–H and O–H groups in total. The maximum Gasteiger partial charge on any atom is 0.226 e. The van der Waals surface area contributed by atoms with Crippen LogP contribution in [0, 0.1) is 24.7 Å². The average molecular weight is 369 g/mol. The van der Waals surface area contributed by atoms with E-state index < -0.39 is 0 Å². The van der Waals surface area contributed by atoms with Crippen LogP contribution in [0.25, 0.3) is 0 Å². The second-order valence-electron chi connectivity index (χ2n) is 8.76. The molecule has 1 aromatic rings. The highest BCUT2D eigenvalue weighted by atomic mass is 16.2. The molecule has 2 aliphatic heterocycles. The minimum Gasteiger partial charge on any atom is -0.343 e. The van der Waals surface area contributed by atoms with Gasteiger partial charge in [0.25, 0.3) is 0 Å². The Hall–Kier alpha value is -1.84. The van der Waals surface area contributed by atoms with Crippen LogP contribution in [0.4, 0.5) is 0 Å². The van der Waals surface area contributed by atoms with Crippen LogP contribution in [-0.4, -0.2) is 41.2 Å². The fourth-order valence-electron chi connectivity index (χ4n) is 6.31. The van der Waals surface area contributed by atoms with E-state index in [1.54, 1.807) is 0 Å². The molecule has 2 amide bonds. The van der Waals surface area contributed by atoms with Crippen LogP contribution in [0.3, 0.4) is 0 Å². The van der Waals surface area contributed by atoms with Crippen molar-refractivity contribution in [3.05, 3.63) is 34.9 Å². The maximum atomic E-state index is 13.4. The molecule has 146 valence electrons. The summed E-state index contributed by atoms with van der Waals surface area (Å²) in [6.07, 6.45) is 3.48. The van der Waals surface area contributed by atoms with Crippen LogP contribution in [0.5, 0.6) is 0 Å². The summed E-state index contributed by atoms with van der Waals surface area (Å²) in [5.41, 5.74) is 3.72. The lowest BCUT2D eigenvalue weighted by Crippen LogP contribution is -2.46. The lowest BCUT2D eigenvalue weighted by Gasteiger charge is -2.39. The van der Waals surface area contributed by atoms with Gasteiger partial charge in [-0.15, -0.1) is 0 Å². The van der Waals surface area contributed by atoms with E-state index in [4.69, 9.17) is 0 Å². The van der Waals surface area contributed by atoms with E-state index in [2.05, 4.69) is 36.9 Å². The molecule has 1 aromatic carbocycles. The number of hydrogen-bond donors (Lipinski definition) is 0. The predicted molar refractivity (Wildman–Crippen MR) is 106 cm³/mol. The van der Waals surface area contributed by atoms with E-state index >= 15 is 0 Å². The Morgan fingerprint density at radius 2 is 2.04 bits per heavy atom. The maximum absolute atomic E-state index is 13.4. The van der Waals surface area contributed by atoms with Crippen molar-refractivity contribution in [3.8, 4) is 0 Å². The van der Waals surface area contributed by atoms with E-state index in [0.29, 0.717) is 12.3 Å². The van der Waals surface area contributed by atoms with Gasteiger partial charge in [0.05, 0.1) is 5.54 Å². The first-order valence-corrected chi connectivity index (χ1v) is 10.6. The zero-order chi connectivity index (χ0) is 19.3. The largest absolute Gasteiger partial charge is 0.343 e. The summed E-state index contributed by atoms with van der Waals surface area (Å²) in [7, 11) is 0. The van der Waals surface area contributed by atoms with E-state index in [9.17, 15) is 9.59 Å². The van der Waals surface area contributed by atoms with Gasteiger partial charge in [-0.05, 0) is 57.1 Å². The van der Waals surface area contributed by atoms with Crippen molar-refractivity contribution >= 4 is 11.8 Å². The lowest BCUT2D eigenvalue weighted by molar-refractivity contribution is -0.137. The fraction of sp³-hybridized carbons (Fsp3) is 0.652. The first-order valence-electron chi connectivity index (χ1n) is 10.6. The summed E-state index contributed by atoms with van der Waals surface area (Å²) in [5.74, 6) is 0.851. The lowest BCUT2D eigenvalue weighted by atomic mass is 9.76. The molecule has 1 saturated heterocycles. The monoisotopic (exact) mass is 368 g/mol. The fourth-order valence-corrected chi connectivity index (χ4v) is 6.31. The predicted octanol–water partition coefficient (Wildman–Crippen LogP) is 3.51. The van der Waals surface area contributed by atoms with E-state index in [0.717, 1.165) is 38.9 Å². The number of nitrogens with zero attached hydrogens (tertiary/aromatic N) is 2. The second kappa shape index (κ2) is 6.65. The third kappa shape index (κ3) is 2.55. The van der Waals surface area contributed by atoms with Crippen LogP contribution in [-0.2, 0) is 21.5 Å². The number of amides is 2. The van der Waals surface area contributed by atoms with Gasteiger partial charge in [0, 0.05) is 37.9 Å². The van der Waals surface area contributed by atoms with Gasteiger partial charge < -0.3 is 9.80 Å². The summed E-state index contributed by atoms with van der Waals surface area (Å²) in [6, 6.07) is 6.74. The standard InChI is InChI=1S/C23H32N2O2/c1-5-24(6-2)22(27)21-16(4)14-23-18-10-9-15(3)12-17(18)8-7-11-25(23)20(26)13-19(21)23/h9-10,12,16,19,21H,5-8,11,13-14H2,1-4H3/t16-,19?,21+,23?/m0/s1. The number of hydrogen-bond acceptors (Lipinski definition) is 2. The summed E-state index contributed by atoms with van der Waals surface area (Å²) in [6.45, 7) is 10.8. The van der Waals surface area contributed by atoms with Gasteiger partial charge in [0.15, 0.2) is 0 Å². The Morgan fingerprint density at radius 3 is 2.74 bits per heavy atom. The van der Waals surface area contributed by atoms with Crippen molar-refractivity contribution in [2.75, 3.05) is 19.6 Å². The SMILES string of the molecule is CCN(CC)C(=O)[C@H]1C2CC(=O)N3CCCc4cc(C)ccc4C23C[C@@H]1C. The van der Waals surface area contributed by atoms with Crippen LogP contribution in [0.2, 0.25) is 0 Å². The van der Waals surface area contributed by atoms with E-state index in [1.807, 2.05) is 18.7 Å². The number of fused-ring (bicyclic) bond motifs is 1. The number of aryl methyl sites for hydroxylation is 2. The highest BCUT2D eigenvalue weighted by molar-refractivity contribution is 5.86. The molecule has 0 radical (unpaired) electrons. The number of carbonyl (C=O) groups excluding carboxylic acids is 2. The molecule has 4 heteroatoms. The van der Waals surface area contributed by atoms with Crippen molar-refractivity contribution in [1.82, 2.24) is 9.80 Å². The van der Waals surface area contributed by atoms with Gasteiger partial charge in [-0.1, -0.05) is 30.7 Å². The third-order valence-corrected chi connectivity index (χ3v) is 7.39. The van der Waals surface area contributed by atoms with E-state index in [1.165, 1.54) is 16.7 Å². The summed E-state index contributed by atoms with van der Waals surface area (Å²) in [4.78, 5) is 30.5. The highest BCUT2D eigenvalue weighted by Gasteiger charge is 2.64. The smallest absolute Gasteiger partial charge is 0.226 e. The first kappa shape index (κ1) is 18.5. The van der Waals surface area contributed by atoms with Crippen molar-refractivity contribution in [2.24, 2.45) is 17.8 Å². The molecular formula is C23H32N2O2. The van der Waals surface area contributed by atoms with Gasteiger partial charge in [0.2, 0.25) is 11.8 Å². The summed E-state index contributed by atoms with van der Waals surface area (Å²) in [5, 5.41) is 0. The Kier molecular flexibility index (Phi) is 4.56. The quantitative estimate of drug-likeness (QED) is 0.819. The van der Waals surface area contributed by atoms with Gasteiger partial charge in [-0.3, -0.25) is 9.59 Å². The molecule has 2 fully saturated rings. The molecule has 2 heterocycles.